The summed E-state index contributed by atoms with van der Waals surface area (Å²) in [6.07, 6.45) is -2.47. The molecule has 0 spiro atoms. The molecule has 0 bridgehead atoms. The number of halogens is 5. The van der Waals surface area contributed by atoms with Gasteiger partial charge in [0.1, 0.15) is 5.69 Å². The molecule has 2 amide bonds. The number of rotatable bonds is 9. The molecule has 17 heteroatoms. The number of amidine groups is 1. The lowest BCUT2D eigenvalue weighted by Gasteiger charge is -2.35. The number of imidazole rings is 1. The Morgan fingerprint density at radius 2 is 2.02 bits per heavy atom. The van der Waals surface area contributed by atoms with Crippen molar-refractivity contribution in [2.45, 2.75) is 83.1 Å². The zero-order valence-electron chi connectivity index (χ0n) is 26.3. The molecule has 4 atom stereocenters. The van der Waals surface area contributed by atoms with Crippen LogP contribution in [0.4, 0.5) is 27.9 Å². The van der Waals surface area contributed by atoms with Crippen LogP contribution in [0.1, 0.15) is 74.6 Å². The van der Waals surface area contributed by atoms with Gasteiger partial charge in [-0.05, 0) is 45.1 Å². The number of carbonyl (C=O) groups is 2. The van der Waals surface area contributed by atoms with Crippen LogP contribution in [-0.4, -0.2) is 92.3 Å². The van der Waals surface area contributed by atoms with Crippen LogP contribution in [0.3, 0.4) is 0 Å². The number of hydrogen-bond donors (Lipinski definition) is 5. The largest absolute Gasteiger partial charge is 0.393 e. The van der Waals surface area contributed by atoms with Crippen molar-refractivity contribution in [2.24, 2.45) is 22.7 Å². The fraction of sp³-hybridized carbons (Fsp3) is 0.667. The Bertz CT molecular complexity index is 1460. The number of piperidine rings is 1. The Hall–Kier alpha value is -3.89. The molecule has 2 aromatic rings. The van der Waals surface area contributed by atoms with E-state index >= 15 is 0 Å². The summed E-state index contributed by atoms with van der Waals surface area (Å²) in [6, 6.07) is 0.897. The molecule has 3 fully saturated rings. The monoisotopic (exact) mass is 668 g/mol. The van der Waals surface area contributed by atoms with E-state index in [1.807, 2.05) is 18.7 Å². The fourth-order valence-corrected chi connectivity index (χ4v) is 6.60. The van der Waals surface area contributed by atoms with Gasteiger partial charge in [-0.3, -0.25) is 14.3 Å². The van der Waals surface area contributed by atoms with Crippen LogP contribution in [0.2, 0.25) is 0 Å². The lowest BCUT2D eigenvalue weighted by molar-refractivity contribution is -0.183. The first kappa shape index (κ1) is 34.4. The Morgan fingerprint density at radius 1 is 1.28 bits per heavy atom. The number of piperazine rings is 1. The minimum absolute atomic E-state index is 0.0297. The van der Waals surface area contributed by atoms with Crippen LogP contribution < -0.4 is 16.0 Å². The molecule has 5 rings (SSSR count). The first-order valence-corrected chi connectivity index (χ1v) is 16.0. The molecule has 5 N–H and O–H groups in total. The normalized spacial score (nSPS) is 24.9. The number of aromatic amines is 1. The van der Waals surface area contributed by atoms with E-state index in [-0.39, 0.29) is 61.6 Å². The Morgan fingerprint density at radius 3 is 2.70 bits per heavy atom. The van der Waals surface area contributed by atoms with Gasteiger partial charge in [0, 0.05) is 70.1 Å². The third-order valence-corrected chi connectivity index (χ3v) is 9.21. The number of amides is 2. The highest BCUT2D eigenvalue weighted by Gasteiger charge is 2.45. The number of hydrogen-bond acceptors (Lipinski definition) is 7. The van der Waals surface area contributed by atoms with Crippen LogP contribution in [-0.2, 0) is 11.3 Å². The average Bonchev–Trinajstić information content (AvgIpc) is 3.69. The molecule has 0 radical (unpaired) electrons. The summed E-state index contributed by atoms with van der Waals surface area (Å²) in [4.78, 5) is 39.8. The molecule has 0 unspecified atom stereocenters. The summed E-state index contributed by atoms with van der Waals surface area (Å²) in [6.45, 7) is 5.25. The quantitative estimate of drug-likeness (QED) is 0.155. The second-order valence-electron chi connectivity index (χ2n) is 12.7. The van der Waals surface area contributed by atoms with E-state index in [1.165, 1.54) is 17.1 Å². The van der Waals surface area contributed by atoms with Gasteiger partial charge in [-0.1, -0.05) is 0 Å². The zero-order valence-corrected chi connectivity index (χ0v) is 26.3. The number of carbonyl (C=O) groups excluding carboxylic acids is 2. The standard InChI is InChI=1S/C30H41F5N10O2/c1-3-45-23(6-9-40-45)27(47)42-24(18-4-7-29(31,32)8-5-18)22-15-39-28(41-22)43-25(44-11-10-37-17(2)16-44)21(36)13-19-12-20(30(33,34)35)14-38-26(19)46/h6,9,15,17-20,24,36-37H,3-5,7-8,10-14,16H2,1-2H3,(H,38,46)(H,39,41)(H,42,47)/b36-21?,43-25+/t17-,19+,20+,24-/m0/s1. The molecule has 0 aromatic carbocycles. The fourth-order valence-electron chi connectivity index (χ4n) is 6.60. The van der Waals surface area contributed by atoms with Gasteiger partial charge < -0.3 is 31.2 Å². The Kier molecular flexibility index (Phi) is 10.3. The van der Waals surface area contributed by atoms with E-state index in [2.05, 4.69) is 36.0 Å². The number of nitrogens with zero attached hydrogens (tertiary/aromatic N) is 5. The SMILES string of the molecule is CCn1nccc1C(=O)N[C@H](c1cnc(/N=C(\C(=N)C[C@H]2C[C@@H](C(F)(F)F)CNC2=O)N2CCN[C@@H](C)C2)[nH]1)C1CCC(F)(F)CC1. The maximum absolute atomic E-state index is 14.1. The van der Waals surface area contributed by atoms with Gasteiger partial charge in [-0.15, -0.1) is 0 Å². The van der Waals surface area contributed by atoms with Crippen molar-refractivity contribution in [2.75, 3.05) is 26.2 Å². The van der Waals surface area contributed by atoms with Gasteiger partial charge in [0.25, 0.3) is 5.91 Å². The zero-order chi connectivity index (χ0) is 33.9. The van der Waals surface area contributed by atoms with Gasteiger partial charge in [-0.25, -0.2) is 13.8 Å². The number of aryl methyl sites for hydroxylation is 1. The maximum Gasteiger partial charge on any atom is 0.393 e. The minimum atomic E-state index is -4.47. The van der Waals surface area contributed by atoms with E-state index in [0.29, 0.717) is 37.6 Å². The molecule has 2 aliphatic heterocycles. The van der Waals surface area contributed by atoms with Crippen LogP contribution >= 0.6 is 0 Å². The molecule has 12 nitrogen and oxygen atoms in total. The highest BCUT2D eigenvalue weighted by atomic mass is 19.4. The van der Waals surface area contributed by atoms with Crippen LogP contribution in [0.5, 0.6) is 0 Å². The summed E-state index contributed by atoms with van der Waals surface area (Å²) < 4.78 is 70.1. The number of H-pyrrole nitrogens is 1. The first-order valence-electron chi connectivity index (χ1n) is 16.0. The lowest BCUT2D eigenvalue weighted by Crippen LogP contribution is -2.53. The number of aromatic nitrogens is 4. The van der Waals surface area contributed by atoms with E-state index in [1.54, 1.807) is 6.07 Å². The van der Waals surface area contributed by atoms with Crippen molar-refractivity contribution in [1.82, 2.24) is 40.6 Å². The number of alkyl halides is 5. The third-order valence-electron chi connectivity index (χ3n) is 9.21. The summed E-state index contributed by atoms with van der Waals surface area (Å²) >= 11 is 0. The topological polar surface area (TPSA) is 156 Å². The Labute approximate surface area is 268 Å². The highest BCUT2D eigenvalue weighted by molar-refractivity contribution is 6.40. The van der Waals surface area contributed by atoms with Crippen LogP contribution in [0, 0.1) is 23.2 Å². The second-order valence-corrected chi connectivity index (χ2v) is 12.7. The van der Waals surface area contributed by atoms with E-state index in [4.69, 9.17) is 5.41 Å². The van der Waals surface area contributed by atoms with Gasteiger partial charge in [0.15, 0.2) is 5.84 Å². The number of aliphatic imine (C=N–C) groups is 1. The van der Waals surface area contributed by atoms with Crippen molar-refractivity contribution in [3.8, 4) is 0 Å². The summed E-state index contributed by atoms with van der Waals surface area (Å²) in [5.74, 6) is -6.57. The Balaban J connectivity index is 1.42. The molecule has 2 aromatic heterocycles. The molecular weight excluding hydrogens is 627 g/mol. The first-order chi connectivity index (χ1) is 22.2. The van der Waals surface area contributed by atoms with Gasteiger partial charge in [0.2, 0.25) is 17.8 Å². The van der Waals surface area contributed by atoms with Crippen molar-refractivity contribution in [1.29, 1.82) is 5.41 Å². The summed E-state index contributed by atoms with van der Waals surface area (Å²) in [7, 11) is 0. The molecule has 3 aliphatic rings. The highest BCUT2D eigenvalue weighted by Crippen LogP contribution is 2.41. The average molecular weight is 669 g/mol. The molecule has 2 saturated heterocycles. The number of nitrogens with one attached hydrogen (secondary N) is 5. The lowest BCUT2D eigenvalue weighted by atomic mass is 9.81. The third kappa shape index (κ3) is 8.34. The minimum Gasteiger partial charge on any atom is -0.355 e. The predicted octanol–water partition coefficient (Wildman–Crippen LogP) is 3.97. The molecular formula is C30H41F5N10O2. The molecule has 4 heterocycles. The van der Waals surface area contributed by atoms with Crippen LogP contribution in [0.25, 0.3) is 0 Å². The molecule has 258 valence electrons. The van der Waals surface area contributed by atoms with Gasteiger partial charge >= 0.3 is 6.18 Å². The second kappa shape index (κ2) is 14.1. The van der Waals surface area contributed by atoms with Crippen molar-refractivity contribution < 1.29 is 31.5 Å². The smallest absolute Gasteiger partial charge is 0.355 e. The van der Waals surface area contributed by atoms with Gasteiger partial charge in [-0.2, -0.15) is 23.3 Å². The predicted molar refractivity (Wildman–Crippen MR) is 163 cm³/mol. The maximum atomic E-state index is 14.1. The molecule has 47 heavy (non-hydrogen) atoms. The van der Waals surface area contributed by atoms with E-state index in [9.17, 15) is 31.5 Å². The van der Waals surface area contributed by atoms with Crippen LogP contribution in [0.15, 0.2) is 23.5 Å². The van der Waals surface area contributed by atoms with E-state index in [0.717, 1.165) is 0 Å². The van der Waals surface area contributed by atoms with Gasteiger partial charge in [0.05, 0.1) is 29.6 Å². The summed E-state index contributed by atoms with van der Waals surface area (Å²) in [5, 5.41) is 21.7. The summed E-state index contributed by atoms with van der Waals surface area (Å²) in [5.41, 5.74) is 0.654. The van der Waals surface area contributed by atoms with Crippen molar-refractivity contribution in [3.05, 3.63) is 29.8 Å². The van der Waals surface area contributed by atoms with Crippen molar-refractivity contribution >= 4 is 29.3 Å². The molecule has 1 saturated carbocycles. The van der Waals surface area contributed by atoms with Crippen molar-refractivity contribution in [3.63, 3.8) is 0 Å². The van der Waals surface area contributed by atoms with E-state index < -0.39 is 54.8 Å². The molecule has 1 aliphatic carbocycles.